The van der Waals surface area contributed by atoms with Crippen molar-refractivity contribution in [2.45, 2.75) is 71.4 Å². The third-order valence-corrected chi connectivity index (χ3v) is 4.01. The lowest BCUT2D eigenvalue weighted by atomic mass is 9.79. The van der Waals surface area contributed by atoms with E-state index in [1.165, 1.54) is 5.57 Å². The third-order valence-electron chi connectivity index (χ3n) is 4.01. The maximum Gasteiger partial charge on any atom is 0.407 e. The molecular weight excluding hydrogens is 294 g/mol. The van der Waals surface area contributed by atoms with Crippen LogP contribution in [0.5, 0.6) is 0 Å². The fraction of sp³-hybridized carbons (Fsp3) is 0.667. The maximum absolute atomic E-state index is 12.1. The van der Waals surface area contributed by atoms with Gasteiger partial charge in [0.2, 0.25) is 0 Å². The van der Waals surface area contributed by atoms with Crippen LogP contribution in [0, 0.1) is 0 Å². The smallest absolute Gasteiger partial charge is 0.407 e. The number of allylic oxidation sites excluding steroid dienone is 2. The quantitative estimate of drug-likeness (QED) is 0.806. The molecule has 128 valence electrons. The standard InChI is InChI=1S/C18H27NO4/c1-5-22-16(20)14-8-6-7-12-9-10-13(11-15(12)14)19-17(21)23-18(2,3)4/h8,13H,5-7,9-11H2,1-4H3,(H,19,21). The Labute approximate surface area is 138 Å². The van der Waals surface area contributed by atoms with Crippen LogP contribution < -0.4 is 5.32 Å². The van der Waals surface area contributed by atoms with E-state index in [1.54, 1.807) is 0 Å². The summed E-state index contributed by atoms with van der Waals surface area (Å²) in [6, 6.07) is -0.000438. The van der Waals surface area contributed by atoms with E-state index in [4.69, 9.17) is 9.47 Å². The fourth-order valence-corrected chi connectivity index (χ4v) is 3.10. The number of nitrogens with one attached hydrogen (secondary N) is 1. The first-order chi connectivity index (χ1) is 10.8. The summed E-state index contributed by atoms with van der Waals surface area (Å²) in [5, 5.41) is 2.93. The van der Waals surface area contributed by atoms with Crippen LogP contribution in [-0.4, -0.2) is 30.3 Å². The molecule has 0 saturated heterocycles. The second-order valence-electron chi connectivity index (χ2n) is 7.05. The number of esters is 1. The van der Waals surface area contributed by atoms with Gasteiger partial charge in [-0.25, -0.2) is 9.59 Å². The second-order valence-corrected chi connectivity index (χ2v) is 7.05. The van der Waals surface area contributed by atoms with E-state index in [2.05, 4.69) is 5.32 Å². The topological polar surface area (TPSA) is 64.6 Å². The van der Waals surface area contributed by atoms with Crippen molar-refractivity contribution in [2.24, 2.45) is 0 Å². The summed E-state index contributed by atoms with van der Waals surface area (Å²) in [7, 11) is 0. The minimum atomic E-state index is -0.510. The molecule has 0 aromatic heterocycles. The fourth-order valence-electron chi connectivity index (χ4n) is 3.10. The van der Waals surface area contributed by atoms with Gasteiger partial charge in [0.15, 0.2) is 0 Å². The molecule has 2 aliphatic rings. The highest BCUT2D eigenvalue weighted by molar-refractivity contribution is 5.94. The molecule has 0 saturated carbocycles. The minimum Gasteiger partial charge on any atom is -0.462 e. The summed E-state index contributed by atoms with van der Waals surface area (Å²) in [5.74, 6) is -0.252. The van der Waals surface area contributed by atoms with E-state index < -0.39 is 11.7 Å². The van der Waals surface area contributed by atoms with Crippen LogP contribution >= 0.6 is 0 Å². The number of hydrogen-bond donors (Lipinski definition) is 1. The van der Waals surface area contributed by atoms with Crippen LogP contribution in [0.4, 0.5) is 4.79 Å². The molecule has 1 N–H and O–H groups in total. The molecule has 0 aromatic carbocycles. The Bertz CT molecular complexity index is 540. The van der Waals surface area contributed by atoms with Crippen molar-refractivity contribution in [3.05, 3.63) is 22.8 Å². The summed E-state index contributed by atoms with van der Waals surface area (Å²) >= 11 is 0. The Morgan fingerprint density at radius 3 is 2.70 bits per heavy atom. The van der Waals surface area contributed by atoms with Crippen LogP contribution in [0.1, 0.15) is 59.8 Å². The van der Waals surface area contributed by atoms with Crippen molar-refractivity contribution >= 4 is 12.1 Å². The SMILES string of the molecule is CCOC(=O)C1=CCCC2=C1CC(NC(=O)OC(C)(C)C)CC2. The highest BCUT2D eigenvalue weighted by Gasteiger charge is 2.30. The Balaban J connectivity index is 2.03. The Kier molecular flexibility index (Phi) is 5.50. The predicted octanol–water partition coefficient (Wildman–Crippen LogP) is 3.64. The molecule has 1 unspecified atom stereocenters. The molecule has 0 radical (unpaired) electrons. The summed E-state index contributed by atoms with van der Waals surface area (Å²) < 4.78 is 10.5. The van der Waals surface area contributed by atoms with Gasteiger partial charge in [0.05, 0.1) is 12.2 Å². The molecule has 0 aliphatic heterocycles. The van der Waals surface area contributed by atoms with Gasteiger partial charge in [-0.1, -0.05) is 11.6 Å². The zero-order valence-electron chi connectivity index (χ0n) is 14.5. The first kappa shape index (κ1) is 17.6. The molecule has 2 aliphatic carbocycles. The Morgan fingerprint density at radius 2 is 2.04 bits per heavy atom. The number of rotatable bonds is 3. The molecule has 0 spiro atoms. The van der Waals surface area contributed by atoms with Gasteiger partial charge in [-0.05, 0) is 65.4 Å². The maximum atomic E-state index is 12.1. The Hall–Kier alpha value is -1.78. The molecule has 0 fully saturated rings. The molecule has 0 heterocycles. The van der Waals surface area contributed by atoms with E-state index >= 15 is 0 Å². The van der Waals surface area contributed by atoms with E-state index in [0.29, 0.717) is 18.6 Å². The van der Waals surface area contributed by atoms with Gasteiger partial charge in [-0.15, -0.1) is 0 Å². The van der Waals surface area contributed by atoms with Gasteiger partial charge in [0.25, 0.3) is 0 Å². The number of ether oxygens (including phenoxy) is 2. The van der Waals surface area contributed by atoms with Crippen molar-refractivity contribution in [2.75, 3.05) is 6.61 Å². The van der Waals surface area contributed by atoms with Crippen LogP contribution in [0.25, 0.3) is 0 Å². The zero-order chi connectivity index (χ0) is 17.0. The van der Waals surface area contributed by atoms with E-state index in [-0.39, 0.29) is 12.0 Å². The number of amides is 1. The monoisotopic (exact) mass is 321 g/mol. The van der Waals surface area contributed by atoms with Gasteiger partial charge < -0.3 is 14.8 Å². The summed E-state index contributed by atoms with van der Waals surface area (Å²) in [5.41, 5.74) is 2.56. The summed E-state index contributed by atoms with van der Waals surface area (Å²) in [6.45, 7) is 7.72. The van der Waals surface area contributed by atoms with E-state index in [0.717, 1.165) is 31.3 Å². The number of carbonyl (C=O) groups is 2. The molecule has 1 atom stereocenters. The number of alkyl carbamates (subject to hydrolysis) is 1. The van der Waals surface area contributed by atoms with Gasteiger partial charge in [-0.2, -0.15) is 0 Å². The van der Waals surface area contributed by atoms with Crippen LogP contribution in [0.15, 0.2) is 22.8 Å². The average molecular weight is 321 g/mol. The van der Waals surface area contributed by atoms with Crippen LogP contribution in [0.2, 0.25) is 0 Å². The lowest BCUT2D eigenvalue weighted by Crippen LogP contribution is -2.41. The first-order valence-corrected chi connectivity index (χ1v) is 8.38. The molecule has 0 aromatic rings. The average Bonchev–Trinajstić information content (AvgIpc) is 2.44. The van der Waals surface area contributed by atoms with Crippen molar-refractivity contribution in [1.29, 1.82) is 0 Å². The third kappa shape index (κ3) is 4.85. The summed E-state index contributed by atoms with van der Waals surface area (Å²) in [6.07, 6.45) is 5.91. The number of carbonyl (C=O) groups excluding carboxylic acids is 2. The lowest BCUT2D eigenvalue weighted by molar-refractivity contribution is -0.138. The normalized spacial score (nSPS) is 21.2. The van der Waals surface area contributed by atoms with Crippen molar-refractivity contribution in [1.82, 2.24) is 5.32 Å². The van der Waals surface area contributed by atoms with Crippen molar-refractivity contribution in [3.8, 4) is 0 Å². The van der Waals surface area contributed by atoms with Crippen molar-refractivity contribution < 1.29 is 19.1 Å². The van der Waals surface area contributed by atoms with Gasteiger partial charge in [0.1, 0.15) is 5.60 Å². The second kappa shape index (κ2) is 7.20. The van der Waals surface area contributed by atoms with Crippen LogP contribution in [0.3, 0.4) is 0 Å². The molecule has 5 nitrogen and oxygen atoms in total. The van der Waals surface area contributed by atoms with Crippen molar-refractivity contribution in [3.63, 3.8) is 0 Å². The molecule has 1 amide bonds. The zero-order valence-corrected chi connectivity index (χ0v) is 14.5. The lowest BCUT2D eigenvalue weighted by Gasteiger charge is -2.31. The van der Waals surface area contributed by atoms with E-state index in [9.17, 15) is 9.59 Å². The predicted molar refractivity (Wildman–Crippen MR) is 88.0 cm³/mol. The minimum absolute atomic E-state index is 0.000438. The van der Waals surface area contributed by atoms with Gasteiger partial charge >= 0.3 is 12.1 Å². The van der Waals surface area contributed by atoms with E-state index in [1.807, 2.05) is 33.8 Å². The van der Waals surface area contributed by atoms with Gasteiger partial charge in [-0.3, -0.25) is 0 Å². The molecule has 2 rings (SSSR count). The van der Waals surface area contributed by atoms with Gasteiger partial charge in [0, 0.05) is 6.04 Å². The molecule has 5 heteroatoms. The van der Waals surface area contributed by atoms with Crippen LogP contribution in [-0.2, 0) is 14.3 Å². The molecule has 23 heavy (non-hydrogen) atoms. The molecule has 0 bridgehead atoms. The number of hydrogen-bond acceptors (Lipinski definition) is 4. The summed E-state index contributed by atoms with van der Waals surface area (Å²) in [4.78, 5) is 24.1. The highest BCUT2D eigenvalue weighted by Crippen LogP contribution is 2.36. The highest BCUT2D eigenvalue weighted by atomic mass is 16.6. The molecular formula is C18H27NO4. The first-order valence-electron chi connectivity index (χ1n) is 8.38. The Morgan fingerprint density at radius 1 is 1.30 bits per heavy atom. The largest absolute Gasteiger partial charge is 0.462 e.